The van der Waals surface area contributed by atoms with Gasteiger partial charge in [-0.15, -0.1) is 0 Å². The first kappa shape index (κ1) is 28.2. The highest BCUT2D eigenvalue weighted by atomic mass is 31.2. The van der Waals surface area contributed by atoms with Gasteiger partial charge in [0.1, 0.15) is 5.75 Å². The van der Waals surface area contributed by atoms with E-state index >= 15 is 0 Å². The summed E-state index contributed by atoms with van der Waals surface area (Å²) in [6.07, 6.45) is 10.1. The highest BCUT2D eigenvalue weighted by molar-refractivity contribution is 7.48. The maximum Gasteiger partial charge on any atom is 0.530 e. The number of hydrogen-bond donors (Lipinski definition) is 0. The molecule has 194 valence electrons. The summed E-state index contributed by atoms with van der Waals surface area (Å²) >= 11 is 0. The van der Waals surface area contributed by atoms with E-state index in [9.17, 15) is 4.57 Å². The van der Waals surface area contributed by atoms with E-state index in [-0.39, 0.29) is 13.2 Å². The van der Waals surface area contributed by atoms with E-state index in [4.69, 9.17) is 13.6 Å². The predicted molar refractivity (Wildman–Crippen MR) is 148 cm³/mol. The Morgan fingerprint density at radius 3 is 1.67 bits per heavy atom. The van der Waals surface area contributed by atoms with E-state index in [2.05, 4.69) is 6.92 Å². The van der Waals surface area contributed by atoms with Gasteiger partial charge in [0.2, 0.25) is 0 Å². The second kappa shape index (κ2) is 15.0. The van der Waals surface area contributed by atoms with Gasteiger partial charge in [-0.25, -0.2) is 4.57 Å². The SMILES string of the molecule is CCCCCCCCCc1ccc(OP(=O)(OCc2ccccc2C)OCc2ccccc2C)cc1. The minimum absolute atomic E-state index is 0.147. The summed E-state index contributed by atoms with van der Waals surface area (Å²) in [5.74, 6) is 0.483. The Hall–Kier alpha value is -2.39. The zero-order chi connectivity index (χ0) is 25.6. The summed E-state index contributed by atoms with van der Waals surface area (Å²) in [7, 11) is -3.87. The lowest BCUT2D eigenvalue weighted by atomic mass is 10.0. The summed E-state index contributed by atoms with van der Waals surface area (Å²) in [6, 6.07) is 23.5. The van der Waals surface area contributed by atoms with E-state index in [1.165, 1.54) is 50.5 Å². The molecule has 0 aliphatic carbocycles. The van der Waals surface area contributed by atoms with Crippen LogP contribution < -0.4 is 4.52 Å². The van der Waals surface area contributed by atoms with Crippen LogP contribution >= 0.6 is 7.82 Å². The molecule has 3 aromatic rings. The minimum Gasteiger partial charge on any atom is -0.404 e. The van der Waals surface area contributed by atoms with Gasteiger partial charge in [0.15, 0.2) is 0 Å². The topological polar surface area (TPSA) is 44.8 Å². The van der Waals surface area contributed by atoms with Gasteiger partial charge in [0, 0.05) is 0 Å². The van der Waals surface area contributed by atoms with Crippen molar-refractivity contribution < 1.29 is 18.1 Å². The molecule has 0 saturated carbocycles. The van der Waals surface area contributed by atoms with Gasteiger partial charge in [-0.05, 0) is 66.6 Å². The number of phosphoric ester groups is 1. The molecule has 36 heavy (non-hydrogen) atoms. The van der Waals surface area contributed by atoms with Crippen molar-refractivity contribution in [2.75, 3.05) is 0 Å². The Morgan fingerprint density at radius 1 is 0.639 bits per heavy atom. The fourth-order valence-corrected chi connectivity index (χ4v) is 5.22. The van der Waals surface area contributed by atoms with Crippen molar-refractivity contribution in [3.05, 3.63) is 101 Å². The van der Waals surface area contributed by atoms with E-state index in [0.717, 1.165) is 28.7 Å². The average molecular weight is 509 g/mol. The monoisotopic (exact) mass is 508 g/mol. The van der Waals surface area contributed by atoms with Crippen LogP contribution in [0.3, 0.4) is 0 Å². The fraction of sp³-hybridized carbons (Fsp3) is 0.419. The molecule has 5 heteroatoms. The molecule has 0 aromatic heterocycles. The summed E-state index contributed by atoms with van der Waals surface area (Å²) in [5.41, 5.74) is 5.29. The quantitative estimate of drug-likeness (QED) is 0.143. The minimum atomic E-state index is -3.87. The molecule has 0 spiro atoms. The largest absolute Gasteiger partial charge is 0.530 e. The lowest BCUT2D eigenvalue weighted by molar-refractivity contribution is 0.143. The zero-order valence-electron chi connectivity index (χ0n) is 22.1. The molecule has 3 aromatic carbocycles. The van der Waals surface area contributed by atoms with Crippen LogP contribution in [0.5, 0.6) is 5.75 Å². The van der Waals surface area contributed by atoms with Gasteiger partial charge in [-0.2, -0.15) is 0 Å². The average Bonchev–Trinajstić information content (AvgIpc) is 2.88. The standard InChI is InChI=1S/C31H41O4P/c1-4-5-6-7-8-9-10-17-28-20-22-31(23-21-28)35-36(32,33-24-29-18-13-11-15-26(29)2)34-25-30-19-14-12-16-27(30)3/h11-16,18-23H,4-10,17,24-25H2,1-3H3. The van der Waals surface area contributed by atoms with E-state index in [1.54, 1.807) is 0 Å². The molecule has 3 rings (SSSR count). The van der Waals surface area contributed by atoms with Gasteiger partial charge >= 0.3 is 7.82 Å². The summed E-state index contributed by atoms with van der Waals surface area (Å²) in [5, 5.41) is 0. The van der Waals surface area contributed by atoms with Gasteiger partial charge < -0.3 is 4.52 Å². The molecule has 0 heterocycles. The van der Waals surface area contributed by atoms with Crippen LogP contribution in [0, 0.1) is 13.8 Å². The van der Waals surface area contributed by atoms with Crippen LogP contribution in [0.2, 0.25) is 0 Å². The van der Waals surface area contributed by atoms with E-state index < -0.39 is 7.82 Å². The van der Waals surface area contributed by atoms with Crippen LogP contribution in [-0.2, 0) is 33.2 Å². The third-order valence-corrected chi connectivity index (χ3v) is 7.81. The van der Waals surface area contributed by atoms with Crippen molar-refractivity contribution in [1.29, 1.82) is 0 Å². The molecule has 0 bridgehead atoms. The van der Waals surface area contributed by atoms with Gasteiger partial charge in [0.05, 0.1) is 13.2 Å². The normalized spacial score (nSPS) is 11.5. The third-order valence-electron chi connectivity index (χ3n) is 6.49. The summed E-state index contributed by atoms with van der Waals surface area (Å²) < 4.78 is 31.2. The Morgan fingerprint density at radius 2 is 1.14 bits per heavy atom. The molecule has 0 saturated heterocycles. The van der Waals surface area contributed by atoms with Crippen molar-refractivity contribution in [3.8, 4) is 5.75 Å². The molecule has 0 aliphatic rings. The molecule has 0 fully saturated rings. The third kappa shape index (κ3) is 9.58. The number of hydrogen-bond acceptors (Lipinski definition) is 4. The van der Waals surface area contributed by atoms with E-state index in [0.29, 0.717) is 5.75 Å². The lowest BCUT2D eigenvalue weighted by Gasteiger charge is -2.20. The Bertz CT molecular complexity index is 1040. The Labute approximate surface area is 217 Å². The smallest absolute Gasteiger partial charge is 0.404 e. The van der Waals surface area contributed by atoms with Gasteiger partial charge in [0.25, 0.3) is 0 Å². The van der Waals surface area contributed by atoms with Crippen LogP contribution in [0.25, 0.3) is 0 Å². The van der Waals surface area contributed by atoms with Crippen molar-refractivity contribution >= 4 is 7.82 Å². The molecular formula is C31H41O4P. The predicted octanol–water partition coefficient (Wildman–Crippen LogP) is 9.52. The van der Waals surface area contributed by atoms with Crippen molar-refractivity contribution in [1.82, 2.24) is 0 Å². The number of aryl methyl sites for hydroxylation is 3. The van der Waals surface area contributed by atoms with Crippen LogP contribution in [0.15, 0.2) is 72.8 Å². The first-order chi connectivity index (χ1) is 17.5. The first-order valence-corrected chi connectivity index (χ1v) is 14.7. The molecule has 0 N–H and O–H groups in total. The Kier molecular flexibility index (Phi) is 11.7. The zero-order valence-corrected chi connectivity index (χ0v) is 23.0. The van der Waals surface area contributed by atoms with Gasteiger partial charge in [-0.1, -0.05) is 106 Å². The second-order valence-electron chi connectivity index (χ2n) is 9.45. The van der Waals surface area contributed by atoms with Crippen molar-refractivity contribution in [3.63, 3.8) is 0 Å². The molecule has 0 unspecified atom stereocenters. The fourth-order valence-electron chi connectivity index (χ4n) is 4.06. The van der Waals surface area contributed by atoms with Gasteiger partial charge in [-0.3, -0.25) is 9.05 Å². The highest BCUT2D eigenvalue weighted by Gasteiger charge is 2.29. The number of rotatable bonds is 16. The van der Waals surface area contributed by atoms with Crippen molar-refractivity contribution in [2.24, 2.45) is 0 Å². The number of benzene rings is 3. The first-order valence-electron chi connectivity index (χ1n) is 13.3. The number of unbranched alkanes of at least 4 members (excludes halogenated alkanes) is 6. The molecular weight excluding hydrogens is 467 g/mol. The molecule has 0 aliphatic heterocycles. The number of phosphoric acid groups is 1. The van der Waals surface area contributed by atoms with E-state index in [1.807, 2.05) is 86.6 Å². The second-order valence-corrected chi connectivity index (χ2v) is 11.0. The molecule has 0 atom stereocenters. The maximum absolute atomic E-state index is 13.7. The molecule has 4 nitrogen and oxygen atoms in total. The molecule has 0 amide bonds. The molecule has 0 radical (unpaired) electrons. The Balaban J connectivity index is 1.60. The van der Waals surface area contributed by atoms with Crippen LogP contribution in [0.1, 0.15) is 79.7 Å². The van der Waals surface area contributed by atoms with Crippen molar-refractivity contribution in [2.45, 2.75) is 85.4 Å². The van der Waals surface area contributed by atoms with Crippen LogP contribution in [-0.4, -0.2) is 0 Å². The summed E-state index contributed by atoms with van der Waals surface area (Å²) in [4.78, 5) is 0. The lowest BCUT2D eigenvalue weighted by Crippen LogP contribution is -2.05. The van der Waals surface area contributed by atoms with Crippen LogP contribution in [0.4, 0.5) is 0 Å². The summed E-state index contributed by atoms with van der Waals surface area (Å²) in [6.45, 7) is 6.55. The maximum atomic E-state index is 13.7. The highest BCUT2D eigenvalue weighted by Crippen LogP contribution is 2.51.